The summed E-state index contributed by atoms with van der Waals surface area (Å²) < 4.78 is 15.7. The quantitative estimate of drug-likeness (QED) is 0.827. The lowest BCUT2D eigenvalue weighted by Gasteiger charge is -2.14. The van der Waals surface area contributed by atoms with Crippen molar-refractivity contribution in [2.75, 3.05) is 14.2 Å². The molecule has 0 bridgehead atoms. The van der Waals surface area contributed by atoms with Gasteiger partial charge in [0.15, 0.2) is 0 Å². The third-order valence-electron chi connectivity index (χ3n) is 2.72. The van der Waals surface area contributed by atoms with Crippen LogP contribution in [0.3, 0.4) is 0 Å². The molecule has 0 saturated carbocycles. The number of nitrogens with zero attached hydrogens (tertiary/aromatic N) is 1. The minimum atomic E-state index is -0.175. The average molecular weight is 263 g/mol. The molecular formula is C14H17NO4. The average Bonchev–Trinajstić information content (AvgIpc) is 2.74. The zero-order valence-electron chi connectivity index (χ0n) is 11.3. The summed E-state index contributed by atoms with van der Waals surface area (Å²) in [5, 5.41) is 0. The van der Waals surface area contributed by atoms with E-state index in [0.717, 1.165) is 11.5 Å². The maximum atomic E-state index is 11.6. The zero-order valence-corrected chi connectivity index (χ0v) is 11.3. The van der Waals surface area contributed by atoms with Gasteiger partial charge in [-0.1, -0.05) is 0 Å². The number of aryl methyl sites for hydroxylation is 1. The molecule has 0 spiro atoms. The maximum Gasteiger partial charge on any atom is 0.227 e. The number of hydrogen-bond donors (Lipinski definition) is 0. The minimum Gasteiger partial charge on any atom is -0.490 e. The fourth-order valence-electron chi connectivity index (χ4n) is 1.83. The van der Waals surface area contributed by atoms with E-state index in [1.165, 1.54) is 19.4 Å². The highest BCUT2D eigenvalue weighted by molar-refractivity contribution is 5.17. The van der Waals surface area contributed by atoms with Crippen LogP contribution < -0.4 is 10.2 Å². The molecule has 0 aliphatic rings. The van der Waals surface area contributed by atoms with Gasteiger partial charge in [0.05, 0.1) is 20.2 Å². The summed E-state index contributed by atoms with van der Waals surface area (Å²) in [6.07, 6.45) is 1.34. The Kier molecular flexibility index (Phi) is 4.06. The fraction of sp³-hybridized carbons (Fsp3) is 0.357. The van der Waals surface area contributed by atoms with Gasteiger partial charge in [0, 0.05) is 6.07 Å². The molecule has 0 aromatic carbocycles. The van der Waals surface area contributed by atoms with Crippen LogP contribution in [0.5, 0.6) is 5.75 Å². The Hall–Kier alpha value is -2.01. The smallest absolute Gasteiger partial charge is 0.227 e. The Balaban J connectivity index is 2.00. The molecule has 2 heterocycles. The Morgan fingerprint density at radius 1 is 1.26 bits per heavy atom. The van der Waals surface area contributed by atoms with Crippen molar-refractivity contribution in [3.05, 3.63) is 52.0 Å². The summed E-state index contributed by atoms with van der Waals surface area (Å²) in [4.78, 5) is 13.6. The first-order valence-corrected chi connectivity index (χ1v) is 5.98. The Morgan fingerprint density at radius 3 is 2.58 bits per heavy atom. The monoisotopic (exact) mass is 263 g/mol. The van der Waals surface area contributed by atoms with Crippen LogP contribution in [0.25, 0.3) is 0 Å². The van der Waals surface area contributed by atoms with E-state index in [0.29, 0.717) is 18.8 Å². The second-order valence-corrected chi connectivity index (χ2v) is 4.46. The number of hydrogen-bond acceptors (Lipinski definition) is 5. The zero-order chi connectivity index (χ0) is 13.8. The predicted octanol–water partition coefficient (Wildman–Crippen LogP) is 2.18. The highest BCUT2D eigenvalue weighted by atomic mass is 16.5. The van der Waals surface area contributed by atoms with Crippen molar-refractivity contribution < 1.29 is 13.6 Å². The molecule has 0 unspecified atom stereocenters. The van der Waals surface area contributed by atoms with E-state index in [2.05, 4.69) is 0 Å². The predicted molar refractivity (Wildman–Crippen MR) is 70.1 cm³/mol. The molecule has 0 aliphatic carbocycles. The topological polar surface area (TPSA) is 55.8 Å². The van der Waals surface area contributed by atoms with E-state index >= 15 is 0 Å². The van der Waals surface area contributed by atoms with Crippen molar-refractivity contribution in [1.82, 2.24) is 4.90 Å². The van der Waals surface area contributed by atoms with Crippen LogP contribution in [0.4, 0.5) is 0 Å². The highest BCUT2D eigenvalue weighted by Gasteiger charge is 2.08. The summed E-state index contributed by atoms with van der Waals surface area (Å²) in [5.74, 6) is 2.58. The molecule has 0 aliphatic heterocycles. The van der Waals surface area contributed by atoms with Crippen LogP contribution in [-0.2, 0) is 13.1 Å². The van der Waals surface area contributed by atoms with Gasteiger partial charge in [0.2, 0.25) is 11.2 Å². The molecule has 0 saturated heterocycles. The van der Waals surface area contributed by atoms with E-state index in [9.17, 15) is 4.79 Å². The molecule has 0 atom stereocenters. The van der Waals surface area contributed by atoms with Gasteiger partial charge in [0.1, 0.15) is 23.5 Å². The molecule has 5 nitrogen and oxygen atoms in total. The SMILES string of the molecule is COc1coc(CN(C)Cc2ccc(C)o2)cc1=O. The van der Waals surface area contributed by atoms with Crippen molar-refractivity contribution in [2.24, 2.45) is 0 Å². The second-order valence-electron chi connectivity index (χ2n) is 4.46. The lowest BCUT2D eigenvalue weighted by molar-refractivity contribution is 0.257. The van der Waals surface area contributed by atoms with Crippen molar-refractivity contribution in [2.45, 2.75) is 20.0 Å². The Morgan fingerprint density at radius 2 is 2.00 bits per heavy atom. The van der Waals surface area contributed by atoms with Crippen molar-refractivity contribution >= 4 is 0 Å². The van der Waals surface area contributed by atoms with E-state index in [1.807, 2.05) is 31.0 Å². The normalized spacial score (nSPS) is 10.9. The number of furan rings is 1. The largest absolute Gasteiger partial charge is 0.490 e. The minimum absolute atomic E-state index is 0.175. The molecular weight excluding hydrogens is 246 g/mol. The fourth-order valence-corrected chi connectivity index (χ4v) is 1.83. The van der Waals surface area contributed by atoms with Crippen LogP contribution >= 0.6 is 0 Å². The van der Waals surface area contributed by atoms with Crippen LogP contribution in [0.15, 0.2) is 38.1 Å². The van der Waals surface area contributed by atoms with Gasteiger partial charge in [-0.05, 0) is 26.1 Å². The summed E-state index contributed by atoms with van der Waals surface area (Å²) in [7, 11) is 3.37. The number of ether oxygens (including phenoxy) is 1. The molecule has 102 valence electrons. The summed E-state index contributed by atoms with van der Waals surface area (Å²) >= 11 is 0. The van der Waals surface area contributed by atoms with Gasteiger partial charge < -0.3 is 13.6 Å². The van der Waals surface area contributed by atoms with Gasteiger partial charge in [-0.25, -0.2) is 0 Å². The first-order chi connectivity index (χ1) is 9.08. The maximum absolute atomic E-state index is 11.6. The first kappa shape index (κ1) is 13.4. The Labute approximate surface area is 111 Å². The molecule has 5 heteroatoms. The van der Waals surface area contributed by atoms with E-state index in [4.69, 9.17) is 13.6 Å². The standard InChI is InChI=1S/C14H17NO4/c1-10-4-5-11(19-10)7-15(2)8-12-6-13(16)14(17-3)9-18-12/h4-6,9H,7-8H2,1-3H3. The van der Waals surface area contributed by atoms with Crippen LogP contribution in [0.2, 0.25) is 0 Å². The molecule has 0 radical (unpaired) electrons. The molecule has 0 fully saturated rings. The summed E-state index contributed by atoms with van der Waals surface area (Å²) in [5.41, 5.74) is -0.175. The number of methoxy groups -OCH3 is 1. The lowest BCUT2D eigenvalue weighted by atomic mass is 10.3. The van der Waals surface area contributed by atoms with Crippen LogP contribution in [-0.4, -0.2) is 19.1 Å². The van der Waals surface area contributed by atoms with Crippen molar-refractivity contribution in [1.29, 1.82) is 0 Å². The van der Waals surface area contributed by atoms with E-state index in [-0.39, 0.29) is 11.2 Å². The highest BCUT2D eigenvalue weighted by Crippen LogP contribution is 2.11. The molecule has 0 amide bonds. The van der Waals surface area contributed by atoms with E-state index in [1.54, 1.807) is 0 Å². The molecule has 2 rings (SSSR count). The number of rotatable bonds is 5. The Bertz CT molecular complexity index is 599. The molecule has 19 heavy (non-hydrogen) atoms. The van der Waals surface area contributed by atoms with Crippen molar-refractivity contribution in [3.63, 3.8) is 0 Å². The van der Waals surface area contributed by atoms with Gasteiger partial charge in [-0.15, -0.1) is 0 Å². The molecule has 0 N–H and O–H groups in total. The third-order valence-corrected chi connectivity index (χ3v) is 2.72. The third kappa shape index (κ3) is 3.48. The van der Waals surface area contributed by atoms with Crippen molar-refractivity contribution in [3.8, 4) is 5.75 Å². The second kappa shape index (κ2) is 5.75. The summed E-state index contributed by atoms with van der Waals surface area (Å²) in [6, 6.07) is 5.31. The lowest BCUT2D eigenvalue weighted by Crippen LogP contribution is -2.18. The van der Waals surface area contributed by atoms with Crippen LogP contribution in [0.1, 0.15) is 17.3 Å². The molecule has 2 aromatic heterocycles. The van der Waals surface area contributed by atoms with Gasteiger partial charge >= 0.3 is 0 Å². The van der Waals surface area contributed by atoms with Gasteiger partial charge in [-0.3, -0.25) is 9.69 Å². The van der Waals surface area contributed by atoms with Gasteiger partial charge in [-0.2, -0.15) is 0 Å². The van der Waals surface area contributed by atoms with Crippen LogP contribution in [0, 0.1) is 6.92 Å². The summed E-state index contributed by atoms with van der Waals surface area (Å²) in [6.45, 7) is 3.09. The van der Waals surface area contributed by atoms with E-state index < -0.39 is 0 Å². The first-order valence-electron chi connectivity index (χ1n) is 5.98. The van der Waals surface area contributed by atoms with Gasteiger partial charge in [0.25, 0.3) is 0 Å². The molecule has 2 aromatic rings.